The number of nitriles is 1. The third-order valence-corrected chi connectivity index (χ3v) is 5.75. The first kappa shape index (κ1) is 21.4. The van der Waals surface area contributed by atoms with E-state index >= 15 is 0 Å². The van der Waals surface area contributed by atoms with Crippen LogP contribution < -0.4 is 11.2 Å². The predicted octanol–water partition coefficient (Wildman–Crippen LogP) is 2.47. The monoisotopic (exact) mass is 432 g/mol. The average molecular weight is 432 g/mol. The van der Waals surface area contributed by atoms with E-state index < -0.39 is 12.1 Å². The van der Waals surface area contributed by atoms with E-state index in [9.17, 15) is 15.2 Å². The highest BCUT2D eigenvalue weighted by molar-refractivity contribution is 5.99. The van der Waals surface area contributed by atoms with E-state index in [1.165, 1.54) is 28.2 Å². The van der Waals surface area contributed by atoms with Gasteiger partial charge >= 0.3 is 0 Å². The molecule has 0 aliphatic carbocycles. The van der Waals surface area contributed by atoms with Gasteiger partial charge in [-0.15, -0.1) is 0 Å². The van der Waals surface area contributed by atoms with Crippen molar-refractivity contribution in [3.63, 3.8) is 0 Å². The number of nitrogens with two attached hydrogens (primary N) is 1. The van der Waals surface area contributed by atoms with Crippen molar-refractivity contribution in [3.8, 4) is 11.8 Å². The average Bonchev–Trinajstić information content (AvgIpc) is 3.32. The molecule has 2 aliphatic rings. The third kappa shape index (κ3) is 3.36. The van der Waals surface area contributed by atoms with E-state index in [4.69, 9.17) is 10.6 Å². The van der Waals surface area contributed by atoms with Crippen molar-refractivity contribution in [2.75, 3.05) is 6.61 Å². The lowest BCUT2D eigenvalue weighted by atomic mass is 9.76. The van der Waals surface area contributed by atoms with Crippen LogP contribution in [0.15, 0.2) is 71.2 Å². The first-order valence-corrected chi connectivity index (χ1v) is 10.2. The van der Waals surface area contributed by atoms with Crippen molar-refractivity contribution < 1.29 is 14.6 Å². The number of benzene rings is 1. The van der Waals surface area contributed by atoms with Gasteiger partial charge in [0.25, 0.3) is 5.91 Å². The number of hydrogen-bond donors (Lipinski definition) is 3. The van der Waals surface area contributed by atoms with E-state index in [2.05, 4.69) is 10.3 Å². The number of aromatic nitrogens is 2. The van der Waals surface area contributed by atoms with Crippen LogP contribution >= 0.6 is 0 Å². The number of nitrogens with one attached hydrogen (secondary N) is 1. The Morgan fingerprint density at radius 3 is 2.81 bits per heavy atom. The summed E-state index contributed by atoms with van der Waals surface area (Å²) in [6, 6.07) is 6.71. The molecule has 1 aromatic carbocycles. The number of imidazole rings is 1. The molecule has 0 spiro atoms. The van der Waals surface area contributed by atoms with Crippen molar-refractivity contribution in [2.24, 2.45) is 5.84 Å². The van der Waals surface area contributed by atoms with Gasteiger partial charge in [-0.05, 0) is 38.5 Å². The van der Waals surface area contributed by atoms with Crippen LogP contribution in [0.3, 0.4) is 0 Å². The highest BCUT2D eigenvalue weighted by atomic mass is 16.5. The Bertz CT molecular complexity index is 1200. The molecule has 164 valence electrons. The van der Waals surface area contributed by atoms with Crippen LogP contribution in [0, 0.1) is 11.3 Å². The molecule has 1 aromatic heterocycles. The van der Waals surface area contributed by atoms with Gasteiger partial charge in [0.1, 0.15) is 12.1 Å². The summed E-state index contributed by atoms with van der Waals surface area (Å²) in [6.45, 7) is 5.98. The number of nitrogens with zero attached hydrogens (tertiary/aromatic N) is 4. The first-order chi connectivity index (χ1) is 15.4. The van der Waals surface area contributed by atoms with Crippen molar-refractivity contribution in [3.05, 3.63) is 82.4 Å². The Hall–Kier alpha value is -3.87. The van der Waals surface area contributed by atoms with Gasteiger partial charge in [-0.2, -0.15) is 5.26 Å². The Labute approximate surface area is 185 Å². The maximum absolute atomic E-state index is 13.6. The number of allylic oxidation sites excluding steroid dienone is 3. The number of carbonyl (C=O) groups excluding carboxylic acids is 1. The summed E-state index contributed by atoms with van der Waals surface area (Å²) in [4.78, 5) is 17.6. The summed E-state index contributed by atoms with van der Waals surface area (Å²) in [5.74, 6) is 5.42. The fraction of sp³-hybridized carbons (Fsp3) is 0.261. The van der Waals surface area contributed by atoms with Crippen molar-refractivity contribution in [2.45, 2.75) is 32.9 Å². The molecular formula is C23H24N6O3. The summed E-state index contributed by atoms with van der Waals surface area (Å²) in [5.41, 5.74) is 4.02. The van der Waals surface area contributed by atoms with E-state index in [0.29, 0.717) is 34.6 Å². The zero-order valence-electron chi connectivity index (χ0n) is 18.0. The fourth-order valence-electron chi connectivity index (χ4n) is 4.27. The van der Waals surface area contributed by atoms with Crippen LogP contribution in [0.2, 0.25) is 0 Å². The quantitative estimate of drug-likeness (QED) is 0.629. The van der Waals surface area contributed by atoms with Gasteiger partial charge in [0, 0.05) is 48.0 Å². The maximum atomic E-state index is 13.6. The molecule has 0 saturated heterocycles. The van der Waals surface area contributed by atoms with Crippen LogP contribution in [-0.4, -0.2) is 38.4 Å². The molecule has 3 heterocycles. The standard InChI is InChI=1S/C23H24N6O3/c1-4-32-22-20-19(16-6-5-15(10-24)9-17(16)30)18(23(31)28-8-7-26-12-28)14(3)29(25)21(20)13(2)11-27-22/h5-9,11-12,19,22,27,30H,4,25H2,1-3H3. The minimum Gasteiger partial charge on any atom is -0.508 e. The fourth-order valence-corrected chi connectivity index (χ4v) is 4.27. The predicted molar refractivity (Wildman–Crippen MR) is 116 cm³/mol. The van der Waals surface area contributed by atoms with E-state index in [0.717, 1.165) is 11.3 Å². The lowest BCUT2D eigenvalue weighted by Crippen LogP contribution is -2.46. The molecular weight excluding hydrogens is 408 g/mol. The molecule has 0 amide bonds. The van der Waals surface area contributed by atoms with E-state index in [1.54, 1.807) is 25.3 Å². The summed E-state index contributed by atoms with van der Waals surface area (Å²) in [5, 5.41) is 24.8. The molecule has 0 fully saturated rings. The van der Waals surface area contributed by atoms with Crippen molar-refractivity contribution in [1.82, 2.24) is 19.9 Å². The molecule has 4 rings (SSSR count). The van der Waals surface area contributed by atoms with E-state index in [-0.39, 0.29) is 11.7 Å². The number of rotatable bonds is 4. The molecule has 9 heteroatoms. The molecule has 2 aromatic rings. The molecule has 0 radical (unpaired) electrons. The molecule has 32 heavy (non-hydrogen) atoms. The van der Waals surface area contributed by atoms with Crippen molar-refractivity contribution >= 4 is 5.91 Å². The summed E-state index contributed by atoms with van der Waals surface area (Å²) in [6.07, 6.45) is 5.77. The van der Waals surface area contributed by atoms with Crippen LogP contribution in [-0.2, 0) is 4.74 Å². The minimum atomic E-state index is -0.667. The smallest absolute Gasteiger partial charge is 0.261 e. The summed E-state index contributed by atoms with van der Waals surface area (Å²) in [7, 11) is 0. The summed E-state index contributed by atoms with van der Waals surface area (Å²) < 4.78 is 7.33. The van der Waals surface area contributed by atoms with Gasteiger partial charge in [-0.3, -0.25) is 14.4 Å². The third-order valence-electron chi connectivity index (χ3n) is 5.75. The second-order valence-electron chi connectivity index (χ2n) is 7.60. The number of hydrazine groups is 1. The lowest BCUT2D eigenvalue weighted by molar-refractivity contribution is 0.0647. The maximum Gasteiger partial charge on any atom is 0.261 e. The Morgan fingerprint density at radius 1 is 1.41 bits per heavy atom. The Morgan fingerprint density at radius 2 is 2.19 bits per heavy atom. The van der Waals surface area contributed by atoms with Gasteiger partial charge in [-0.1, -0.05) is 6.07 Å². The highest BCUT2D eigenvalue weighted by Crippen LogP contribution is 2.48. The topological polar surface area (TPSA) is 129 Å². The van der Waals surface area contributed by atoms with Crippen LogP contribution in [0.1, 0.15) is 42.6 Å². The highest BCUT2D eigenvalue weighted by Gasteiger charge is 2.43. The summed E-state index contributed by atoms with van der Waals surface area (Å²) >= 11 is 0. The van der Waals surface area contributed by atoms with Gasteiger partial charge in [-0.25, -0.2) is 10.8 Å². The second-order valence-corrected chi connectivity index (χ2v) is 7.60. The molecule has 2 unspecified atom stereocenters. The number of phenols is 1. The van der Waals surface area contributed by atoms with Crippen LogP contribution in [0.25, 0.3) is 0 Å². The number of carbonyl (C=O) groups is 1. The molecule has 0 saturated carbocycles. The lowest BCUT2D eigenvalue weighted by Gasteiger charge is -2.42. The zero-order chi connectivity index (χ0) is 23.0. The second kappa shape index (κ2) is 8.34. The first-order valence-electron chi connectivity index (χ1n) is 10.2. The Kier molecular flexibility index (Phi) is 5.57. The molecule has 9 nitrogen and oxygen atoms in total. The SMILES string of the molecule is CCOC1NC=C(C)C2=C1C(c1ccc(C#N)cc1O)C(C(=O)n1ccnc1)=C(C)N2N. The van der Waals surface area contributed by atoms with Gasteiger partial charge in [0.15, 0.2) is 6.23 Å². The van der Waals surface area contributed by atoms with E-state index in [1.807, 2.05) is 26.1 Å². The van der Waals surface area contributed by atoms with Crippen molar-refractivity contribution in [1.29, 1.82) is 5.26 Å². The minimum absolute atomic E-state index is 0.0856. The number of ether oxygens (including phenoxy) is 1. The normalized spacial score (nSPS) is 20.5. The molecule has 0 bridgehead atoms. The Balaban J connectivity index is 2.00. The van der Waals surface area contributed by atoms with Gasteiger partial charge < -0.3 is 15.2 Å². The number of hydrogen-bond acceptors (Lipinski definition) is 8. The number of aromatic hydroxyl groups is 1. The van der Waals surface area contributed by atoms with Gasteiger partial charge in [0.05, 0.1) is 22.9 Å². The van der Waals surface area contributed by atoms with Crippen LogP contribution in [0.5, 0.6) is 5.75 Å². The molecule has 2 atom stereocenters. The largest absolute Gasteiger partial charge is 0.508 e. The number of phenolic OH excluding ortho intramolecular Hbond substituents is 1. The zero-order valence-corrected chi connectivity index (χ0v) is 18.0. The number of dihydropyridines is 1. The molecule has 4 N–H and O–H groups in total. The van der Waals surface area contributed by atoms with Crippen LogP contribution in [0.4, 0.5) is 0 Å². The molecule has 2 aliphatic heterocycles. The van der Waals surface area contributed by atoms with Gasteiger partial charge in [0.2, 0.25) is 0 Å².